The van der Waals surface area contributed by atoms with Crippen molar-refractivity contribution < 1.29 is 4.79 Å². The third-order valence-corrected chi connectivity index (χ3v) is 6.10. The minimum absolute atomic E-state index is 0. The van der Waals surface area contributed by atoms with E-state index in [1.165, 1.54) is 22.4 Å². The molecule has 3 atom stereocenters. The molecule has 3 rings (SSSR count). The molecule has 0 radical (unpaired) electrons. The van der Waals surface area contributed by atoms with E-state index in [2.05, 4.69) is 32.0 Å². The largest absolute Gasteiger partial charge is 0.341 e. The number of rotatable bonds is 3. The molecule has 1 amide bonds. The highest BCUT2D eigenvalue weighted by Crippen LogP contribution is 2.37. The van der Waals surface area contributed by atoms with Crippen molar-refractivity contribution >= 4 is 30.1 Å². The molecular formula is C17H25ClN2OS. The number of halogens is 1. The number of aryl methyl sites for hydroxylation is 2. The number of nitrogens with two attached hydrogens (primary N) is 1. The molecule has 2 fully saturated rings. The number of hydrogen-bond donors (Lipinski definition) is 1. The van der Waals surface area contributed by atoms with Gasteiger partial charge in [-0.2, -0.15) is 0 Å². The summed E-state index contributed by atoms with van der Waals surface area (Å²) in [5, 5.41) is 0. The van der Waals surface area contributed by atoms with Gasteiger partial charge in [-0.15, -0.1) is 24.2 Å². The Kier molecular flexibility index (Phi) is 5.81. The van der Waals surface area contributed by atoms with Crippen LogP contribution in [-0.4, -0.2) is 35.7 Å². The second-order valence-corrected chi connectivity index (χ2v) is 7.54. The van der Waals surface area contributed by atoms with Crippen LogP contribution in [0.5, 0.6) is 0 Å². The van der Waals surface area contributed by atoms with E-state index in [0.717, 1.165) is 19.5 Å². The molecule has 2 aliphatic rings. The monoisotopic (exact) mass is 340 g/mol. The zero-order valence-corrected chi connectivity index (χ0v) is 14.9. The summed E-state index contributed by atoms with van der Waals surface area (Å²) < 4.78 is 0. The summed E-state index contributed by atoms with van der Waals surface area (Å²) in [5.41, 5.74) is 8.64. The first-order valence-electron chi connectivity index (χ1n) is 7.78. The van der Waals surface area contributed by atoms with Gasteiger partial charge >= 0.3 is 0 Å². The van der Waals surface area contributed by atoms with Crippen molar-refractivity contribution in [1.29, 1.82) is 0 Å². The van der Waals surface area contributed by atoms with Gasteiger partial charge in [-0.25, -0.2) is 0 Å². The summed E-state index contributed by atoms with van der Waals surface area (Å²) in [4.78, 5) is 15.7. The molecule has 3 nitrogen and oxygen atoms in total. The summed E-state index contributed by atoms with van der Waals surface area (Å²) in [6.07, 6.45) is 2.33. The second kappa shape index (κ2) is 7.24. The molecule has 0 aromatic heterocycles. The standard InChI is InChI=1S/C17H24N2OS.ClH/c1-11-3-4-12(2)16(7-11)21-10-17(20)19-8-13-5-6-15(18)14(13)9-19;/h3-4,7,13-15H,5-6,8-10,18H2,1-2H3;1H. The molecule has 22 heavy (non-hydrogen) atoms. The van der Waals surface area contributed by atoms with Crippen LogP contribution in [0.2, 0.25) is 0 Å². The van der Waals surface area contributed by atoms with Gasteiger partial charge < -0.3 is 10.6 Å². The average Bonchev–Trinajstić information content (AvgIpc) is 3.02. The third-order valence-electron chi connectivity index (χ3n) is 4.96. The first kappa shape index (κ1) is 17.6. The molecule has 1 heterocycles. The lowest BCUT2D eigenvalue weighted by Crippen LogP contribution is -2.34. The highest BCUT2D eigenvalue weighted by Gasteiger charge is 2.42. The Morgan fingerprint density at radius 1 is 1.32 bits per heavy atom. The minimum Gasteiger partial charge on any atom is -0.341 e. The van der Waals surface area contributed by atoms with Gasteiger partial charge in [-0.1, -0.05) is 17.7 Å². The molecule has 1 saturated carbocycles. The van der Waals surface area contributed by atoms with Crippen molar-refractivity contribution in [1.82, 2.24) is 4.90 Å². The van der Waals surface area contributed by atoms with Crippen LogP contribution in [0, 0.1) is 25.7 Å². The Balaban J connectivity index is 0.00000176. The van der Waals surface area contributed by atoms with E-state index < -0.39 is 0 Å². The molecule has 0 spiro atoms. The number of carbonyl (C=O) groups excluding carboxylic acids is 1. The van der Waals surface area contributed by atoms with Crippen LogP contribution in [0.25, 0.3) is 0 Å². The predicted molar refractivity (Wildman–Crippen MR) is 94.7 cm³/mol. The summed E-state index contributed by atoms with van der Waals surface area (Å²) in [6, 6.07) is 6.72. The van der Waals surface area contributed by atoms with Gasteiger partial charge in [-0.05, 0) is 50.2 Å². The van der Waals surface area contributed by atoms with E-state index in [1.54, 1.807) is 11.8 Å². The van der Waals surface area contributed by atoms with Crippen LogP contribution < -0.4 is 5.73 Å². The van der Waals surface area contributed by atoms with Gasteiger partial charge in [0.1, 0.15) is 0 Å². The Labute approximate surface area is 143 Å². The second-order valence-electron chi connectivity index (χ2n) is 6.52. The average molecular weight is 341 g/mol. The molecule has 3 unspecified atom stereocenters. The maximum Gasteiger partial charge on any atom is 0.232 e. The van der Waals surface area contributed by atoms with Crippen molar-refractivity contribution in [2.24, 2.45) is 17.6 Å². The summed E-state index contributed by atoms with van der Waals surface area (Å²) in [5.74, 6) is 2.00. The number of carbonyl (C=O) groups is 1. The van der Waals surface area contributed by atoms with E-state index in [-0.39, 0.29) is 18.3 Å². The van der Waals surface area contributed by atoms with Crippen molar-refractivity contribution in [3.63, 3.8) is 0 Å². The molecule has 1 aromatic rings. The van der Waals surface area contributed by atoms with Crippen molar-refractivity contribution in [3.05, 3.63) is 29.3 Å². The first-order chi connectivity index (χ1) is 10.0. The number of nitrogens with zero attached hydrogens (tertiary/aromatic N) is 1. The van der Waals surface area contributed by atoms with Gasteiger partial charge in [-0.3, -0.25) is 4.79 Å². The maximum absolute atomic E-state index is 12.4. The van der Waals surface area contributed by atoms with Crippen molar-refractivity contribution in [3.8, 4) is 0 Å². The van der Waals surface area contributed by atoms with Crippen molar-refractivity contribution in [2.75, 3.05) is 18.8 Å². The third kappa shape index (κ3) is 3.61. The number of likely N-dealkylation sites (tertiary alicyclic amines) is 1. The summed E-state index contributed by atoms with van der Waals surface area (Å²) in [7, 11) is 0. The van der Waals surface area contributed by atoms with Crippen LogP contribution in [0.3, 0.4) is 0 Å². The van der Waals surface area contributed by atoms with E-state index in [4.69, 9.17) is 5.73 Å². The SMILES string of the molecule is Cc1ccc(C)c(SCC(=O)N2CC3CCC(N)C3C2)c1.Cl. The molecule has 1 aliphatic heterocycles. The van der Waals surface area contributed by atoms with Gasteiger partial charge in [0.05, 0.1) is 5.75 Å². The van der Waals surface area contributed by atoms with E-state index >= 15 is 0 Å². The fourth-order valence-corrected chi connectivity index (χ4v) is 4.63. The molecule has 1 aromatic carbocycles. The predicted octanol–water partition coefficient (Wildman–Crippen LogP) is 3.01. The molecule has 1 aliphatic carbocycles. The van der Waals surface area contributed by atoms with Gasteiger partial charge in [0.2, 0.25) is 5.91 Å². The molecule has 2 N–H and O–H groups in total. The first-order valence-corrected chi connectivity index (χ1v) is 8.76. The molecule has 122 valence electrons. The Morgan fingerprint density at radius 3 is 2.82 bits per heavy atom. The minimum atomic E-state index is 0. The topological polar surface area (TPSA) is 46.3 Å². The van der Waals surface area contributed by atoms with Gasteiger partial charge in [0, 0.05) is 24.0 Å². The quantitative estimate of drug-likeness (QED) is 0.860. The van der Waals surface area contributed by atoms with Crippen LogP contribution in [-0.2, 0) is 4.79 Å². The normalized spacial score (nSPS) is 26.7. The van der Waals surface area contributed by atoms with Crippen LogP contribution in [0.4, 0.5) is 0 Å². The Hall–Kier alpha value is -0.710. The molecule has 1 saturated heterocycles. The fraction of sp³-hybridized carbons (Fsp3) is 0.588. The van der Waals surface area contributed by atoms with Crippen LogP contribution >= 0.6 is 24.2 Å². The van der Waals surface area contributed by atoms with Crippen LogP contribution in [0.1, 0.15) is 24.0 Å². The highest BCUT2D eigenvalue weighted by molar-refractivity contribution is 8.00. The lowest BCUT2D eigenvalue weighted by atomic mass is 9.98. The maximum atomic E-state index is 12.4. The number of hydrogen-bond acceptors (Lipinski definition) is 3. The molecular weight excluding hydrogens is 316 g/mol. The van der Waals surface area contributed by atoms with E-state index in [9.17, 15) is 4.79 Å². The Bertz CT molecular complexity index is 551. The van der Waals surface area contributed by atoms with Gasteiger partial charge in [0.25, 0.3) is 0 Å². The lowest BCUT2D eigenvalue weighted by Gasteiger charge is -2.19. The van der Waals surface area contributed by atoms with Crippen molar-refractivity contribution in [2.45, 2.75) is 37.6 Å². The molecule has 5 heteroatoms. The lowest BCUT2D eigenvalue weighted by molar-refractivity contribution is -0.127. The van der Waals surface area contributed by atoms with E-state index in [0.29, 0.717) is 23.6 Å². The van der Waals surface area contributed by atoms with E-state index in [1.807, 2.05) is 4.90 Å². The summed E-state index contributed by atoms with van der Waals surface area (Å²) in [6.45, 7) is 5.99. The zero-order chi connectivity index (χ0) is 15.0. The smallest absolute Gasteiger partial charge is 0.232 e. The van der Waals surface area contributed by atoms with Gasteiger partial charge in [0.15, 0.2) is 0 Å². The summed E-state index contributed by atoms with van der Waals surface area (Å²) >= 11 is 1.66. The zero-order valence-electron chi connectivity index (χ0n) is 13.2. The number of amides is 1. The molecule has 0 bridgehead atoms. The van der Waals surface area contributed by atoms with Crippen LogP contribution in [0.15, 0.2) is 23.1 Å². The number of fused-ring (bicyclic) bond motifs is 1. The Morgan fingerprint density at radius 2 is 2.09 bits per heavy atom. The highest BCUT2D eigenvalue weighted by atomic mass is 35.5. The fourth-order valence-electron chi connectivity index (χ4n) is 3.60. The number of thioether (sulfide) groups is 1. The number of benzene rings is 1.